The zero-order valence-corrected chi connectivity index (χ0v) is 9.88. The lowest BCUT2D eigenvalue weighted by atomic mass is 9.84. The lowest BCUT2D eigenvalue weighted by molar-refractivity contribution is 0.402. The van der Waals surface area contributed by atoms with E-state index >= 15 is 0 Å². The van der Waals surface area contributed by atoms with Crippen LogP contribution in [0.2, 0.25) is 0 Å². The molecule has 0 radical (unpaired) electrons. The second-order valence-electron chi connectivity index (χ2n) is 5.14. The van der Waals surface area contributed by atoms with Crippen molar-refractivity contribution in [1.29, 1.82) is 0 Å². The van der Waals surface area contributed by atoms with Crippen molar-refractivity contribution in [3.63, 3.8) is 0 Å². The predicted octanol–water partition coefficient (Wildman–Crippen LogP) is 2.52. The van der Waals surface area contributed by atoms with E-state index in [-0.39, 0.29) is 5.54 Å². The number of ether oxygens (including phenoxy) is 1. The number of aryl methyl sites for hydroxylation is 1. The summed E-state index contributed by atoms with van der Waals surface area (Å²) in [6, 6.07) is 4.33. The first kappa shape index (κ1) is 10.2. The summed E-state index contributed by atoms with van der Waals surface area (Å²) in [7, 11) is 1.75. The van der Waals surface area contributed by atoms with Crippen molar-refractivity contribution in [3.8, 4) is 5.75 Å². The van der Waals surface area contributed by atoms with Crippen LogP contribution in [0.5, 0.6) is 5.75 Å². The molecular formula is C14H19NO. The standard InChI is InChI=1S/C14H19NO/c1-16-12-7-6-10-4-2-3-5-11(10)13(12)14(15)8-9-14/h6-7H,2-5,8-9,15H2,1H3. The molecule has 1 fully saturated rings. The average Bonchev–Trinajstić information content (AvgIpc) is 3.06. The summed E-state index contributed by atoms with van der Waals surface area (Å²) in [6.07, 6.45) is 7.22. The minimum atomic E-state index is -0.0754. The third-order valence-corrected chi connectivity index (χ3v) is 4.00. The molecule has 0 amide bonds. The summed E-state index contributed by atoms with van der Waals surface area (Å²) in [5, 5.41) is 0. The maximum Gasteiger partial charge on any atom is 0.124 e. The molecule has 2 aliphatic rings. The van der Waals surface area contributed by atoms with E-state index in [2.05, 4.69) is 12.1 Å². The number of benzene rings is 1. The number of rotatable bonds is 2. The molecule has 2 aliphatic carbocycles. The number of methoxy groups -OCH3 is 1. The summed E-state index contributed by atoms with van der Waals surface area (Å²) in [5.41, 5.74) is 10.6. The Bertz CT molecular complexity index is 421. The van der Waals surface area contributed by atoms with Crippen molar-refractivity contribution in [2.75, 3.05) is 7.11 Å². The maximum atomic E-state index is 6.39. The molecule has 0 unspecified atom stereocenters. The van der Waals surface area contributed by atoms with Gasteiger partial charge in [0, 0.05) is 11.1 Å². The molecule has 0 aliphatic heterocycles. The molecule has 0 atom stereocenters. The van der Waals surface area contributed by atoms with Crippen LogP contribution in [-0.2, 0) is 18.4 Å². The largest absolute Gasteiger partial charge is 0.496 e. The summed E-state index contributed by atoms with van der Waals surface area (Å²) in [6.45, 7) is 0. The van der Waals surface area contributed by atoms with Gasteiger partial charge in [0.2, 0.25) is 0 Å². The molecule has 16 heavy (non-hydrogen) atoms. The second kappa shape index (κ2) is 3.49. The molecule has 0 heterocycles. The monoisotopic (exact) mass is 217 g/mol. The molecule has 0 aromatic heterocycles. The Hall–Kier alpha value is -1.02. The minimum absolute atomic E-state index is 0.0754. The van der Waals surface area contributed by atoms with E-state index in [1.807, 2.05) is 0 Å². The molecule has 1 aromatic carbocycles. The molecular weight excluding hydrogens is 198 g/mol. The summed E-state index contributed by atoms with van der Waals surface area (Å²) >= 11 is 0. The summed E-state index contributed by atoms with van der Waals surface area (Å²) in [5.74, 6) is 1.00. The van der Waals surface area contributed by atoms with Crippen LogP contribution in [0.3, 0.4) is 0 Å². The van der Waals surface area contributed by atoms with E-state index in [0.29, 0.717) is 0 Å². The molecule has 3 rings (SSSR count). The highest BCUT2D eigenvalue weighted by Gasteiger charge is 2.44. The van der Waals surface area contributed by atoms with Gasteiger partial charge in [0.05, 0.1) is 7.11 Å². The topological polar surface area (TPSA) is 35.2 Å². The fourth-order valence-corrected chi connectivity index (χ4v) is 2.91. The van der Waals surface area contributed by atoms with Crippen molar-refractivity contribution >= 4 is 0 Å². The first-order chi connectivity index (χ1) is 7.74. The van der Waals surface area contributed by atoms with Gasteiger partial charge in [-0.05, 0) is 55.7 Å². The second-order valence-corrected chi connectivity index (χ2v) is 5.14. The van der Waals surface area contributed by atoms with E-state index in [1.54, 1.807) is 7.11 Å². The van der Waals surface area contributed by atoms with E-state index < -0.39 is 0 Å². The Kier molecular flexibility index (Phi) is 2.21. The maximum absolute atomic E-state index is 6.39. The first-order valence-corrected chi connectivity index (χ1v) is 6.23. The van der Waals surface area contributed by atoms with Crippen LogP contribution >= 0.6 is 0 Å². The average molecular weight is 217 g/mol. The van der Waals surface area contributed by atoms with Gasteiger partial charge in [0.25, 0.3) is 0 Å². The molecule has 1 aromatic rings. The lowest BCUT2D eigenvalue weighted by Gasteiger charge is -2.25. The van der Waals surface area contributed by atoms with Crippen molar-refractivity contribution in [3.05, 3.63) is 28.8 Å². The molecule has 1 saturated carbocycles. The lowest BCUT2D eigenvalue weighted by Crippen LogP contribution is -2.23. The van der Waals surface area contributed by atoms with Crippen LogP contribution in [0.15, 0.2) is 12.1 Å². The highest BCUT2D eigenvalue weighted by atomic mass is 16.5. The zero-order valence-electron chi connectivity index (χ0n) is 9.88. The van der Waals surface area contributed by atoms with Gasteiger partial charge in [-0.15, -0.1) is 0 Å². The Labute approximate surface area is 96.8 Å². The zero-order chi connectivity index (χ0) is 11.2. The molecule has 86 valence electrons. The van der Waals surface area contributed by atoms with Gasteiger partial charge >= 0.3 is 0 Å². The van der Waals surface area contributed by atoms with E-state index in [9.17, 15) is 0 Å². The van der Waals surface area contributed by atoms with Gasteiger partial charge in [0.15, 0.2) is 0 Å². The SMILES string of the molecule is COc1ccc2c(c1C1(N)CC1)CCCC2. The number of nitrogens with two attached hydrogens (primary N) is 1. The van der Waals surface area contributed by atoms with Crippen LogP contribution in [0.1, 0.15) is 42.4 Å². The molecule has 2 heteroatoms. The molecule has 0 spiro atoms. The van der Waals surface area contributed by atoms with E-state index in [4.69, 9.17) is 10.5 Å². The van der Waals surface area contributed by atoms with Crippen molar-refractivity contribution < 1.29 is 4.74 Å². The van der Waals surface area contributed by atoms with Crippen LogP contribution in [0, 0.1) is 0 Å². The fourth-order valence-electron chi connectivity index (χ4n) is 2.91. The third-order valence-electron chi connectivity index (χ3n) is 4.00. The third kappa shape index (κ3) is 1.44. The Morgan fingerprint density at radius 2 is 1.94 bits per heavy atom. The normalized spacial score (nSPS) is 21.4. The minimum Gasteiger partial charge on any atom is -0.496 e. The van der Waals surface area contributed by atoms with E-state index in [1.165, 1.54) is 42.4 Å². The Morgan fingerprint density at radius 1 is 1.19 bits per heavy atom. The van der Waals surface area contributed by atoms with Gasteiger partial charge in [0.1, 0.15) is 5.75 Å². The Morgan fingerprint density at radius 3 is 2.62 bits per heavy atom. The summed E-state index contributed by atoms with van der Waals surface area (Å²) in [4.78, 5) is 0. The van der Waals surface area contributed by atoms with Crippen LogP contribution in [0.4, 0.5) is 0 Å². The van der Waals surface area contributed by atoms with Crippen LogP contribution in [0.25, 0.3) is 0 Å². The molecule has 0 bridgehead atoms. The Balaban J connectivity index is 2.17. The van der Waals surface area contributed by atoms with Gasteiger partial charge < -0.3 is 10.5 Å². The van der Waals surface area contributed by atoms with Gasteiger partial charge in [-0.25, -0.2) is 0 Å². The number of hydrogen-bond donors (Lipinski definition) is 1. The molecule has 2 N–H and O–H groups in total. The quantitative estimate of drug-likeness (QED) is 0.826. The number of fused-ring (bicyclic) bond motifs is 1. The van der Waals surface area contributed by atoms with Gasteiger partial charge in [-0.1, -0.05) is 6.07 Å². The molecule has 2 nitrogen and oxygen atoms in total. The molecule has 0 saturated heterocycles. The van der Waals surface area contributed by atoms with Crippen molar-refractivity contribution in [2.24, 2.45) is 5.73 Å². The highest BCUT2D eigenvalue weighted by Crippen LogP contribution is 2.49. The predicted molar refractivity (Wildman–Crippen MR) is 64.7 cm³/mol. The summed E-state index contributed by atoms with van der Waals surface area (Å²) < 4.78 is 5.50. The van der Waals surface area contributed by atoms with E-state index in [0.717, 1.165) is 18.6 Å². The highest BCUT2D eigenvalue weighted by molar-refractivity contribution is 5.52. The van der Waals surface area contributed by atoms with Gasteiger partial charge in [-0.2, -0.15) is 0 Å². The van der Waals surface area contributed by atoms with Crippen molar-refractivity contribution in [1.82, 2.24) is 0 Å². The van der Waals surface area contributed by atoms with Crippen LogP contribution in [-0.4, -0.2) is 7.11 Å². The smallest absolute Gasteiger partial charge is 0.124 e. The van der Waals surface area contributed by atoms with Crippen molar-refractivity contribution in [2.45, 2.75) is 44.1 Å². The number of hydrogen-bond acceptors (Lipinski definition) is 2. The van der Waals surface area contributed by atoms with Gasteiger partial charge in [-0.3, -0.25) is 0 Å². The first-order valence-electron chi connectivity index (χ1n) is 6.23. The van der Waals surface area contributed by atoms with Crippen LogP contribution < -0.4 is 10.5 Å². The fraction of sp³-hybridized carbons (Fsp3) is 0.571.